The van der Waals surface area contributed by atoms with Gasteiger partial charge in [-0.1, -0.05) is 32.8 Å². The Labute approximate surface area is 201 Å². The molecule has 0 saturated carbocycles. The Bertz CT molecular complexity index is 1120. The summed E-state index contributed by atoms with van der Waals surface area (Å²) in [4.78, 5) is 15.3. The second-order valence-electron chi connectivity index (χ2n) is 8.46. The number of ether oxygens (including phenoxy) is 3. The Morgan fingerprint density at radius 3 is 2.41 bits per heavy atom. The number of nitrogens with zero attached hydrogens (tertiary/aromatic N) is 2. The number of methoxy groups -OCH3 is 2. The van der Waals surface area contributed by atoms with Gasteiger partial charge in [-0.2, -0.15) is 5.10 Å². The average molecular weight is 464 g/mol. The van der Waals surface area contributed by atoms with Crippen LogP contribution in [0.25, 0.3) is 11.3 Å². The highest BCUT2D eigenvalue weighted by molar-refractivity contribution is 6.00. The molecule has 1 aromatic heterocycles. The van der Waals surface area contributed by atoms with Gasteiger partial charge in [0.1, 0.15) is 11.4 Å². The molecule has 1 aliphatic heterocycles. The highest BCUT2D eigenvalue weighted by atomic mass is 16.5. The maximum Gasteiger partial charge on any atom is 0.273 e. The Morgan fingerprint density at radius 1 is 0.971 bits per heavy atom. The van der Waals surface area contributed by atoms with Crippen LogP contribution in [-0.4, -0.2) is 48.4 Å². The number of aromatic amines is 1. The number of nitrogens with one attached hydrogen (secondary N) is 1. The standard InChI is InChI=1S/C27H33N3O4/c1-5-7-15-30-26(19-11-14-21(22(17-19)33-4)34-16-8-6-2)23-24(28-29-25(23)27(30)31)18-9-12-20(32-3)13-10-18/h9-14,17,26H,5-8,15-16H2,1-4H3,(H,28,29). The zero-order valence-corrected chi connectivity index (χ0v) is 20.4. The number of hydrogen-bond acceptors (Lipinski definition) is 5. The van der Waals surface area contributed by atoms with E-state index in [4.69, 9.17) is 14.2 Å². The molecule has 1 amide bonds. The fourth-order valence-electron chi connectivity index (χ4n) is 4.37. The molecule has 2 aromatic carbocycles. The molecule has 0 aliphatic carbocycles. The van der Waals surface area contributed by atoms with Gasteiger partial charge in [-0.15, -0.1) is 0 Å². The monoisotopic (exact) mass is 463 g/mol. The van der Waals surface area contributed by atoms with E-state index < -0.39 is 0 Å². The molecule has 0 radical (unpaired) electrons. The lowest BCUT2D eigenvalue weighted by atomic mass is 9.95. The minimum atomic E-state index is -0.261. The van der Waals surface area contributed by atoms with Gasteiger partial charge in [0.05, 0.1) is 32.6 Å². The lowest BCUT2D eigenvalue weighted by Crippen LogP contribution is -2.30. The third-order valence-electron chi connectivity index (χ3n) is 6.24. The van der Waals surface area contributed by atoms with Crippen molar-refractivity contribution in [2.24, 2.45) is 0 Å². The number of amides is 1. The van der Waals surface area contributed by atoms with Gasteiger partial charge in [-0.3, -0.25) is 9.89 Å². The van der Waals surface area contributed by atoms with Gasteiger partial charge in [0.2, 0.25) is 0 Å². The number of carbonyl (C=O) groups is 1. The number of aromatic nitrogens is 2. The molecule has 1 unspecified atom stereocenters. The number of carbonyl (C=O) groups excluding carboxylic acids is 1. The number of unbranched alkanes of at least 4 members (excludes halogenated alkanes) is 2. The summed E-state index contributed by atoms with van der Waals surface area (Å²) in [6.45, 7) is 5.57. The van der Waals surface area contributed by atoms with Gasteiger partial charge < -0.3 is 19.1 Å². The summed E-state index contributed by atoms with van der Waals surface area (Å²) in [5.41, 5.74) is 4.12. The maximum atomic E-state index is 13.4. The largest absolute Gasteiger partial charge is 0.497 e. The molecule has 1 atom stereocenters. The lowest BCUT2D eigenvalue weighted by molar-refractivity contribution is 0.0741. The molecule has 4 rings (SSSR count). The maximum absolute atomic E-state index is 13.4. The van der Waals surface area contributed by atoms with Crippen LogP contribution in [-0.2, 0) is 0 Å². The van der Waals surface area contributed by atoms with Crippen molar-refractivity contribution in [3.8, 4) is 28.5 Å². The van der Waals surface area contributed by atoms with Crippen LogP contribution >= 0.6 is 0 Å². The summed E-state index contributed by atoms with van der Waals surface area (Å²) >= 11 is 0. The van der Waals surface area contributed by atoms with E-state index in [2.05, 4.69) is 24.0 Å². The minimum absolute atomic E-state index is 0.0250. The predicted octanol–water partition coefficient (Wildman–Crippen LogP) is 5.62. The van der Waals surface area contributed by atoms with E-state index in [1.807, 2.05) is 47.4 Å². The Kier molecular flexibility index (Phi) is 7.40. The van der Waals surface area contributed by atoms with E-state index in [0.29, 0.717) is 30.3 Å². The van der Waals surface area contributed by atoms with Crippen molar-refractivity contribution in [2.45, 2.75) is 45.6 Å². The normalized spacial score (nSPS) is 14.9. The van der Waals surface area contributed by atoms with E-state index >= 15 is 0 Å². The topological polar surface area (TPSA) is 76.7 Å². The smallest absolute Gasteiger partial charge is 0.273 e. The van der Waals surface area contributed by atoms with E-state index in [1.54, 1.807) is 14.2 Å². The Balaban J connectivity index is 1.77. The first-order valence-corrected chi connectivity index (χ1v) is 12.0. The first-order chi connectivity index (χ1) is 16.6. The number of fused-ring (bicyclic) bond motifs is 1. The zero-order valence-electron chi connectivity index (χ0n) is 20.4. The fraction of sp³-hybridized carbons (Fsp3) is 0.407. The third kappa shape index (κ3) is 4.47. The summed E-state index contributed by atoms with van der Waals surface area (Å²) in [7, 11) is 3.29. The van der Waals surface area contributed by atoms with Crippen molar-refractivity contribution in [2.75, 3.05) is 27.4 Å². The van der Waals surface area contributed by atoms with Gasteiger partial charge in [0.15, 0.2) is 11.5 Å². The highest BCUT2D eigenvalue weighted by Crippen LogP contribution is 2.44. The summed E-state index contributed by atoms with van der Waals surface area (Å²) in [6.07, 6.45) is 3.97. The number of benzene rings is 2. The molecular weight excluding hydrogens is 430 g/mol. The van der Waals surface area contributed by atoms with Crippen LogP contribution in [0, 0.1) is 0 Å². The second-order valence-corrected chi connectivity index (χ2v) is 8.46. The van der Waals surface area contributed by atoms with E-state index in [-0.39, 0.29) is 11.9 Å². The van der Waals surface area contributed by atoms with E-state index in [9.17, 15) is 4.79 Å². The fourth-order valence-corrected chi connectivity index (χ4v) is 4.37. The third-order valence-corrected chi connectivity index (χ3v) is 6.24. The number of rotatable bonds is 11. The van der Waals surface area contributed by atoms with Gasteiger partial charge in [-0.25, -0.2) is 0 Å². The van der Waals surface area contributed by atoms with E-state index in [1.165, 1.54) is 0 Å². The lowest BCUT2D eigenvalue weighted by Gasteiger charge is -2.27. The van der Waals surface area contributed by atoms with Crippen molar-refractivity contribution < 1.29 is 19.0 Å². The van der Waals surface area contributed by atoms with Gasteiger partial charge in [0.25, 0.3) is 5.91 Å². The number of hydrogen-bond donors (Lipinski definition) is 1. The van der Waals surface area contributed by atoms with Crippen molar-refractivity contribution in [1.82, 2.24) is 15.1 Å². The molecule has 3 aromatic rings. The summed E-state index contributed by atoms with van der Waals surface area (Å²) in [5, 5.41) is 7.56. The molecule has 2 heterocycles. The molecule has 0 saturated heterocycles. The van der Waals surface area contributed by atoms with Crippen molar-refractivity contribution in [3.63, 3.8) is 0 Å². The highest BCUT2D eigenvalue weighted by Gasteiger charge is 2.42. The van der Waals surface area contributed by atoms with Crippen LogP contribution in [0.5, 0.6) is 17.2 Å². The van der Waals surface area contributed by atoms with Gasteiger partial charge >= 0.3 is 0 Å². The molecule has 7 heteroatoms. The van der Waals surface area contributed by atoms with Crippen LogP contribution in [0.15, 0.2) is 42.5 Å². The summed E-state index contributed by atoms with van der Waals surface area (Å²) in [5.74, 6) is 2.13. The molecule has 0 bridgehead atoms. The van der Waals surface area contributed by atoms with E-state index in [0.717, 1.165) is 53.8 Å². The molecule has 34 heavy (non-hydrogen) atoms. The number of H-pyrrole nitrogens is 1. The molecule has 1 aliphatic rings. The molecular formula is C27H33N3O4. The van der Waals surface area contributed by atoms with Gasteiger partial charge in [-0.05, 0) is 54.8 Å². The van der Waals surface area contributed by atoms with Crippen molar-refractivity contribution >= 4 is 5.91 Å². The van der Waals surface area contributed by atoms with Crippen LogP contribution in [0.4, 0.5) is 0 Å². The SMILES string of the molecule is CCCCOc1ccc(C2c3c(-c4ccc(OC)cc4)n[nH]c3C(=O)N2CCCC)cc1OC. The Morgan fingerprint density at radius 2 is 1.74 bits per heavy atom. The van der Waals surface area contributed by atoms with Crippen molar-refractivity contribution in [1.29, 1.82) is 0 Å². The molecule has 0 spiro atoms. The average Bonchev–Trinajstić information content (AvgIpc) is 3.42. The van der Waals surface area contributed by atoms with Crippen LogP contribution < -0.4 is 14.2 Å². The quantitative estimate of drug-likeness (QED) is 0.374. The molecule has 7 nitrogen and oxygen atoms in total. The molecule has 0 fully saturated rings. The summed E-state index contributed by atoms with van der Waals surface area (Å²) in [6, 6.07) is 13.4. The first-order valence-electron chi connectivity index (χ1n) is 12.0. The van der Waals surface area contributed by atoms with Gasteiger partial charge in [0, 0.05) is 17.7 Å². The minimum Gasteiger partial charge on any atom is -0.497 e. The first kappa shape index (κ1) is 23.7. The summed E-state index contributed by atoms with van der Waals surface area (Å²) < 4.78 is 16.9. The zero-order chi connectivity index (χ0) is 24.1. The second kappa shape index (κ2) is 10.6. The predicted molar refractivity (Wildman–Crippen MR) is 132 cm³/mol. The van der Waals surface area contributed by atoms with Crippen LogP contribution in [0.2, 0.25) is 0 Å². The van der Waals surface area contributed by atoms with Crippen LogP contribution in [0.1, 0.15) is 67.2 Å². The van der Waals surface area contributed by atoms with Crippen molar-refractivity contribution in [3.05, 3.63) is 59.3 Å². The Hall–Kier alpha value is -3.48. The molecule has 180 valence electrons. The molecule has 1 N–H and O–H groups in total. The van der Waals surface area contributed by atoms with Crippen LogP contribution in [0.3, 0.4) is 0 Å².